The second-order valence-corrected chi connectivity index (χ2v) is 7.17. The molecule has 0 aromatic heterocycles. The van der Waals surface area contributed by atoms with Crippen LogP contribution < -0.4 is 0 Å². The number of amides is 1. The third kappa shape index (κ3) is 3.97. The van der Waals surface area contributed by atoms with Gasteiger partial charge in [-0.25, -0.2) is 4.79 Å². The molecule has 1 amide bonds. The average molecular weight is 345 g/mol. The van der Waals surface area contributed by atoms with E-state index < -0.39 is 0 Å². The first kappa shape index (κ1) is 16.8. The van der Waals surface area contributed by atoms with Crippen LogP contribution in [0.25, 0.3) is 0 Å². The summed E-state index contributed by atoms with van der Waals surface area (Å²) >= 11 is 0. The third-order valence-corrected chi connectivity index (χ3v) is 5.43. The first-order valence-corrected chi connectivity index (χ1v) is 9.33. The summed E-state index contributed by atoms with van der Waals surface area (Å²) in [6, 6.07) is 10.7. The van der Waals surface area contributed by atoms with Gasteiger partial charge in [0.05, 0.1) is 19.3 Å². The normalized spacial score (nSPS) is 27.5. The molecule has 0 spiro atoms. The number of carbonyl (C=O) groups is 1. The van der Waals surface area contributed by atoms with Gasteiger partial charge in [0.2, 0.25) is 0 Å². The lowest BCUT2D eigenvalue weighted by Crippen LogP contribution is -2.41. The van der Waals surface area contributed by atoms with Crippen molar-refractivity contribution in [2.24, 2.45) is 0 Å². The summed E-state index contributed by atoms with van der Waals surface area (Å²) in [6.45, 7) is 8.13. The largest absolute Gasteiger partial charge is 0.442 e. The summed E-state index contributed by atoms with van der Waals surface area (Å²) in [5.74, 6) is 0. The Kier molecular flexibility index (Phi) is 5.20. The number of likely N-dealkylation sites (tertiary alicyclic amines) is 1. The van der Waals surface area contributed by atoms with E-state index in [1.165, 1.54) is 5.56 Å². The number of morpholine rings is 1. The van der Waals surface area contributed by atoms with Gasteiger partial charge < -0.3 is 14.4 Å². The minimum atomic E-state index is -0.128. The van der Waals surface area contributed by atoms with E-state index in [1.54, 1.807) is 0 Å². The first-order chi connectivity index (χ1) is 12.3. The molecule has 0 unspecified atom stereocenters. The van der Waals surface area contributed by atoms with Gasteiger partial charge in [0.25, 0.3) is 0 Å². The summed E-state index contributed by atoms with van der Waals surface area (Å²) < 4.78 is 11.0. The number of hydrogen-bond acceptors (Lipinski definition) is 5. The molecule has 0 N–H and O–H groups in total. The van der Waals surface area contributed by atoms with E-state index in [4.69, 9.17) is 9.47 Å². The minimum Gasteiger partial charge on any atom is -0.442 e. The lowest BCUT2D eigenvalue weighted by Gasteiger charge is -2.28. The van der Waals surface area contributed by atoms with Crippen molar-refractivity contribution in [2.45, 2.75) is 25.1 Å². The topological polar surface area (TPSA) is 45.2 Å². The van der Waals surface area contributed by atoms with Gasteiger partial charge in [0.1, 0.15) is 6.10 Å². The quantitative estimate of drug-likeness (QED) is 0.780. The number of benzene rings is 1. The van der Waals surface area contributed by atoms with Crippen LogP contribution in [-0.2, 0) is 16.0 Å². The maximum atomic E-state index is 12.2. The maximum Gasteiger partial charge on any atom is 0.410 e. The molecule has 3 fully saturated rings. The monoisotopic (exact) mass is 345 g/mol. The van der Waals surface area contributed by atoms with E-state index in [-0.39, 0.29) is 18.2 Å². The number of ether oxygens (including phenoxy) is 2. The number of hydrogen-bond donors (Lipinski definition) is 0. The van der Waals surface area contributed by atoms with Gasteiger partial charge in [-0.15, -0.1) is 0 Å². The second kappa shape index (κ2) is 7.72. The fraction of sp³-hybridized carbons (Fsp3) is 0.632. The lowest BCUT2D eigenvalue weighted by molar-refractivity contribution is 0.0362. The molecule has 3 aliphatic heterocycles. The Bertz CT molecular complexity index is 577. The molecular weight excluding hydrogens is 318 g/mol. The molecule has 1 aromatic carbocycles. The van der Waals surface area contributed by atoms with Crippen LogP contribution in [0.4, 0.5) is 4.79 Å². The van der Waals surface area contributed by atoms with E-state index in [2.05, 4.69) is 34.1 Å². The molecule has 3 aliphatic rings. The highest BCUT2D eigenvalue weighted by Gasteiger charge is 2.47. The van der Waals surface area contributed by atoms with Crippen molar-refractivity contribution in [1.29, 1.82) is 0 Å². The molecule has 6 heteroatoms. The van der Waals surface area contributed by atoms with Gasteiger partial charge >= 0.3 is 6.09 Å². The number of fused-ring (bicyclic) bond motifs is 1. The predicted molar refractivity (Wildman–Crippen MR) is 94.4 cm³/mol. The molecule has 4 rings (SSSR count). The highest BCUT2D eigenvalue weighted by Crippen LogP contribution is 2.28. The Labute approximate surface area is 149 Å². The first-order valence-electron chi connectivity index (χ1n) is 9.33. The van der Waals surface area contributed by atoms with Crippen molar-refractivity contribution < 1.29 is 14.3 Å². The van der Waals surface area contributed by atoms with Crippen molar-refractivity contribution in [3.05, 3.63) is 35.9 Å². The molecule has 0 bridgehead atoms. The lowest BCUT2D eigenvalue weighted by atomic mass is 10.2. The van der Waals surface area contributed by atoms with Crippen LogP contribution in [0.2, 0.25) is 0 Å². The average Bonchev–Trinajstić information content (AvgIpc) is 3.14. The van der Waals surface area contributed by atoms with Gasteiger partial charge in [-0.05, 0) is 12.0 Å². The summed E-state index contributed by atoms with van der Waals surface area (Å²) in [7, 11) is 0. The van der Waals surface area contributed by atoms with Gasteiger partial charge in [-0.2, -0.15) is 0 Å². The highest BCUT2D eigenvalue weighted by molar-refractivity contribution is 5.71. The molecule has 3 saturated heterocycles. The molecule has 2 atom stereocenters. The molecule has 6 nitrogen and oxygen atoms in total. The van der Waals surface area contributed by atoms with E-state index in [9.17, 15) is 4.79 Å². The van der Waals surface area contributed by atoms with Gasteiger partial charge in [0.15, 0.2) is 0 Å². The standard InChI is InChI=1S/C19H27N3O3/c23-19-22(8-4-7-20-9-11-24-12-10-20)17-14-21(15-18(17)25-19)13-16-5-2-1-3-6-16/h1-3,5-6,17-18H,4,7-15H2/t17-,18+/m0/s1. The predicted octanol–water partition coefficient (Wildman–Crippen LogP) is 1.41. The van der Waals surface area contributed by atoms with Gasteiger partial charge in [0, 0.05) is 45.8 Å². The second-order valence-electron chi connectivity index (χ2n) is 7.17. The van der Waals surface area contributed by atoms with Crippen LogP contribution >= 0.6 is 0 Å². The zero-order chi connectivity index (χ0) is 17.1. The van der Waals surface area contributed by atoms with Crippen LogP contribution in [0.3, 0.4) is 0 Å². The minimum absolute atomic E-state index is 0.0274. The van der Waals surface area contributed by atoms with Crippen LogP contribution in [0.15, 0.2) is 30.3 Å². The smallest absolute Gasteiger partial charge is 0.410 e. The highest BCUT2D eigenvalue weighted by atomic mass is 16.6. The van der Waals surface area contributed by atoms with E-state index in [1.807, 2.05) is 11.0 Å². The summed E-state index contributed by atoms with van der Waals surface area (Å²) in [4.78, 5) is 19.0. The molecule has 1 aromatic rings. The molecule has 3 heterocycles. The zero-order valence-electron chi connectivity index (χ0n) is 14.7. The molecule has 25 heavy (non-hydrogen) atoms. The van der Waals surface area contributed by atoms with Crippen LogP contribution in [-0.4, -0.2) is 85.4 Å². The molecule has 136 valence electrons. The van der Waals surface area contributed by atoms with Gasteiger partial charge in [-0.3, -0.25) is 9.80 Å². The van der Waals surface area contributed by atoms with Crippen LogP contribution in [0.1, 0.15) is 12.0 Å². The maximum absolute atomic E-state index is 12.2. The fourth-order valence-electron chi connectivity index (χ4n) is 4.10. The Morgan fingerprint density at radius 2 is 1.80 bits per heavy atom. The summed E-state index contributed by atoms with van der Waals surface area (Å²) in [5.41, 5.74) is 1.31. The third-order valence-electron chi connectivity index (χ3n) is 5.43. The number of carbonyl (C=O) groups excluding carboxylic acids is 1. The van der Waals surface area contributed by atoms with E-state index in [0.717, 1.165) is 65.4 Å². The summed E-state index contributed by atoms with van der Waals surface area (Å²) in [6.07, 6.45) is 0.896. The van der Waals surface area contributed by atoms with Gasteiger partial charge in [-0.1, -0.05) is 30.3 Å². The number of rotatable bonds is 6. The fourth-order valence-corrected chi connectivity index (χ4v) is 4.10. The Hall–Kier alpha value is -1.63. The SMILES string of the molecule is O=C1O[C@@H]2CN(Cc3ccccc3)C[C@@H]2N1CCCN1CCOCC1. The summed E-state index contributed by atoms with van der Waals surface area (Å²) in [5, 5.41) is 0. The van der Waals surface area contributed by atoms with Crippen LogP contribution in [0, 0.1) is 0 Å². The van der Waals surface area contributed by atoms with E-state index >= 15 is 0 Å². The molecular formula is C19H27N3O3. The van der Waals surface area contributed by atoms with Crippen LogP contribution in [0.5, 0.6) is 0 Å². The van der Waals surface area contributed by atoms with Crippen molar-refractivity contribution >= 4 is 6.09 Å². The Morgan fingerprint density at radius 3 is 2.60 bits per heavy atom. The van der Waals surface area contributed by atoms with Crippen molar-refractivity contribution in [3.63, 3.8) is 0 Å². The molecule has 0 radical (unpaired) electrons. The zero-order valence-corrected chi connectivity index (χ0v) is 14.7. The molecule has 0 saturated carbocycles. The molecule has 0 aliphatic carbocycles. The van der Waals surface area contributed by atoms with E-state index in [0.29, 0.717) is 0 Å². The van der Waals surface area contributed by atoms with Crippen molar-refractivity contribution in [2.75, 3.05) is 52.5 Å². The van der Waals surface area contributed by atoms with Crippen molar-refractivity contribution in [3.8, 4) is 0 Å². The Morgan fingerprint density at radius 1 is 1.00 bits per heavy atom. The number of nitrogens with zero attached hydrogens (tertiary/aromatic N) is 3. The Balaban J connectivity index is 1.27. The van der Waals surface area contributed by atoms with Crippen molar-refractivity contribution in [1.82, 2.24) is 14.7 Å².